The lowest BCUT2D eigenvalue weighted by Crippen LogP contribution is -2.33. The van der Waals surface area contributed by atoms with Gasteiger partial charge >= 0.3 is 41.1 Å². The number of hydrogen-bond donors (Lipinski definition) is 4. The molecule has 0 aromatic carbocycles. The second kappa shape index (κ2) is 39.6. The zero-order valence-corrected chi connectivity index (χ0v) is 47.2. The third-order valence-electron chi connectivity index (χ3n) is 12.8. The summed E-state index contributed by atoms with van der Waals surface area (Å²) in [6.45, 7) is 3.41. The molecule has 1 aliphatic heterocycles. The van der Waals surface area contributed by atoms with Gasteiger partial charge in [-0.15, -0.1) is 0 Å². The minimum atomic E-state index is -5.97. The lowest BCUT2D eigenvalue weighted by atomic mass is 10.0. The zero-order chi connectivity index (χ0) is 54.5. The van der Waals surface area contributed by atoms with Crippen LogP contribution in [-0.2, 0) is 55.2 Å². The largest absolute Gasteiger partial charge is 0.490 e. The summed E-state index contributed by atoms with van der Waals surface area (Å²) in [6, 6.07) is -1.10. The molecule has 1 fully saturated rings. The van der Waals surface area contributed by atoms with Gasteiger partial charge in [-0.05, 0) is 25.3 Å². The van der Waals surface area contributed by atoms with E-state index in [9.17, 15) is 47.6 Å². The summed E-state index contributed by atoms with van der Waals surface area (Å²) in [5, 5.41) is 3.54. The number of ether oxygens (including phenoxy) is 3. The van der Waals surface area contributed by atoms with E-state index in [-0.39, 0.29) is 24.8 Å². The van der Waals surface area contributed by atoms with Crippen molar-refractivity contribution in [3.05, 3.63) is 43.0 Å². The molecule has 0 spiro atoms. The van der Waals surface area contributed by atoms with Gasteiger partial charge in [0.05, 0.1) is 25.4 Å². The highest BCUT2D eigenvalue weighted by atomic mass is 31.3. The summed E-state index contributed by atoms with van der Waals surface area (Å²) in [6.07, 6.45) is 31.7. The smallest absolute Gasteiger partial charge is 0.462 e. The van der Waals surface area contributed by atoms with Gasteiger partial charge in [-0.2, -0.15) is 8.62 Å². The van der Waals surface area contributed by atoms with Gasteiger partial charge in [0.25, 0.3) is 5.56 Å². The third kappa shape index (κ3) is 32.8. The highest BCUT2D eigenvalue weighted by Gasteiger charge is 2.44. The molecule has 1 aliphatic rings. The van der Waals surface area contributed by atoms with Crippen molar-refractivity contribution in [1.82, 2.24) is 9.55 Å². The molecule has 74 heavy (non-hydrogen) atoms. The summed E-state index contributed by atoms with van der Waals surface area (Å²) in [5.74, 6) is -1.29. The maximum absolute atomic E-state index is 12.9. The first-order valence-electron chi connectivity index (χ1n) is 27.5. The first-order chi connectivity index (χ1) is 35.4. The molecule has 2 heterocycles. The molecular weight excluding hydrogens is 1020 g/mol. The number of aromatic nitrogens is 2. The Labute approximate surface area is 438 Å². The van der Waals surface area contributed by atoms with Gasteiger partial charge in [0.1, 0.15) is 12.8 Å². The molecule has 1 aromatic heterocycles. The number of H-pyrrole nitrogens is 1. The predicted molar refractivity (Wildman–Crippen MR) is 281 cm³/mol. The standard InChI is InChI=1S/C49H90N5O17P3/c1-4-6-8-10-12-14-16-18-20-22-24-26-28-30-32-34-46(55)65-38-42(68-47(56)35-33-31-29-27-25-23-21-19-17-15-13-11-9-7-5-2)39-66-72(59,60)70-74(63,64)71-73(61,62)67-40-44-43(52-53-50)36-45(69-44)54-37-41(3)48(57)51-49(54)58/h37,42-45H,4-36,38-40H2,1-3H3,(H,59,60)(H,61,62)(H,63,64)(H,51,57,58)/t42?,43-,44+,45+/m0/s1. The van der Waals surface area contributed by atoms with Gasteiger partial charge in [-0.25, -0.2) is 18.5 Å². The quantitative estimate of drug-likeness (QED) is 0.0118. The normalized spacial score (nSPS) is 18.5. The van der Waals surface area contributed by atoms with E-state index in [1.54, 1.807) is 0 Å². The van der Waals surface area contributed by atoms with E-state index in [2.05, 4.69) is 37.5 Å². The van der Waals surface area contributed by atoms with Crippen LogP contribution in [0.2, 0.25) is 0 Å². The zero-order valence-electron chi connectivity index (χ0n) is 44.5. The number of phosphoric acid groups is 3. The van der Waals surface area contributed by atoms with Gasteiger partial charge in [0.2, 0.25) is 0 Å². The van der Waals surface area contributed by atoms with E-state index in [4.69, 9.17) is 28.8 Å². The molecule has 0 bridgehead atoms. The van der Waals surface area contributed by atoms with Crippen LogP contribution >= 0.6 is 23.5 Å². The Hall–Kier alpha value is -2.70. The van der Waals surface area contributed by atoms with Crippen molar-refractivity contribution >= 4 is 35.4 Å². The van der Waals surface area contributed by atoms with Crippen molar-refractivity contribution in [1.29, 1.82) is 0 Å². The molecule has 22 nitrogen and oxygen atoms in total. The van der Waals surface area contributed by atoms with E-state index in [0.29, 0.717) is 12.8 Å². The van der Waals surface area contributed by atoms with E-state index in [1.807, 2.05) is 0 Å². The molecule has 0 amide bonds. The van der Waals surface area contributed by atoms with Crippen molar-refractivity contribution in [3.63, 3.8) is 0 Å². The number of rotatable bonds is 47. The highest BCUT2D eigenvalue weighted by Crippen LogP contribution is 2.67. The number of hydrogen-bond acceptors (Lipinski definition) is 15. The van der Waals surface area contributed by atoms with Crippen LogP contribution in [0.5, 0.6) is 0 Å². The molecule has 0 radical (unpaired) electrons. The Morgan fingerprint density at radius 1 is 0.676 bits per heavy atom. The summed E-state index contributed by atoms with van der Waals surface area (Å²) >= 11 is 0. The Morgan fingerprint density at radius 2 is 1.09 bits per heavy atom. The maximum Gasteiger partial charge on any atom is 0.490 e. The fourth-order valence-electron chi connectivity index (χ4n) is 8.59. The average molecular weight is 1110 g/mol. The molecular formula is C49H90N5O17P3. The number of aromatic amines is 1. The Kier molecular flexibility index (Phi) is 36.1. The van der Waals surface area contributed by atoms with Gasteiger partial charge in [-0.3, -0.25) is 33.0 Å². The molecule has 7 atom stereocenters. The minimum Gasteiger partial charge on any atom is -0.462 e. The van der Waals surface area contributed by atoms with Crippen LogP contribution in [0.4, 0.5) is 0 Å². The predicted octanol–water partition coefficient (Wildman–Crippen LogP) is 13.2. The molecule has 4 N–H and O–H groups in total. The molecule has 0 saturated carbocycles. The molecule has 1 saturated heterocycles. The van der Waals surface area contributed by atoms with Gasteiger partial charge in [0.15, 0.2) is 6.10 Å². The van der Waals surface area contributed by atoms with E-state index >= 15 is 0 Å². The molecule has 0 aliphatic carbocycles. The van der Waals surface area contributed by atoms with E-state index in [0.717, 1.165) is 55.9 Å². The summed E-state index contributed by atoms with van der Waals surface area (Å²) in [7, 11) is -17.3. The van der Waals surface area contributed by atoms with Crippen molar-refractivity contribution < 1.29 is 69.8 Å². The van der Waals surface area contributed by atoms with Crippen molar-refractivity contribution in [2.45, 2.75) is 257 Å². The number of unbranched alkanes of at least 4 members (excludes halogenated alkanes) is 28. The summed E-state index contributed by atoms with van der Waals surface area (Å²) in [5.41, 5.74) is 7.69. The van der Waals surface area contributed by atoms with Crippen LogP contribution in [0.25, 0.3) is 10.4 Å². The average Bonchev–Trinajstić information content (AvgIpc) is 3.74. The lowest BCUT2D eigenvalue weighted by molar-refractivity contribution is -0.161. The van der Waals surface area contributed by atoms with Crippen molar-refractivity contribution in [2.24, 2.45) is 5.11 Å². The van der Waals surface area contributed by atoms with Crippen LogP contribution in [0.1, 0.15) is 238 Å². The van der Waals surface area contributed by atoms with Gasteiger partial charge in [0, 0.05) is 35.9 Å². The summed E-state index contributed by atoms with van der Waals surface area (Å²) in [4.78, 5) is 85.5. The van der Waals surface area contributed by atoms with Crippen LogP contribution in [-0.4, -0.2) is 74.2 Å². The minimum absolute atomic E-state index is 0.00204. The van der Waals surface area contributed by atoms with Crippen LogP contribution < -0.4 is 11.2 Å². The number of nitrogens with zero attached hydrogens (tertiary/aromatic N) is 4. The van der Waals surface area contributed by atoms with E-state index in [1.165, 1.54) is 142 Å². The number of carbonyl (C=O) groups is 2. The number of nitrogens with one attached hydrogen (secondary N) is 1. The molecule has 2 rings (SSSR count). The van der Waals surface area contributed by atoms with Gasteiger partial charge < -0.3 is 28.9 Å². The highest BCUT2D eigenvalue weighted by molar-refractivity contribution is 7.66. The first kappa shape index (κ1) is 67.4. The number of azide groups is 1. The third-order valence-corrected chi connectivity index (χ3v) is 17.0. The Balaban J connectivity index is 1.86. The SMILES string of the molecule is CCCCCCCCCCCCCCCCCC(=O)OCC(COP(=O)(O)OP(=O)(O)OP(=O)(O)OC[C@H]1O[C@@H](n2cc(C)c(=O)[nH]c2=O)C[C@@H]1N=[N+]=[N-])OC(=O)CCCCCCCCCCCCCCCCC. The Bertz CT molecular complexity index is 2040. The second-order valence-electron chi connectivity index (χ2n) is 19.5. The van der Waals surface area contributed by atoms with Crippen LogP contribution in [0.3, 0.4) is 0 Å². The number of esters is 2. The molecule has 1 aromatic rings. The van der Waals surface area contributed by atoms with E-state index < -0.39 is 91.0 Å². The maximum atomic E-state index is 12.9. The number of phosphoric ester groups is 2. The number of aryl methyl sites for hydroxylation is 1. The lowest BCUT2D eigenvalue weighted by Gasteiger charge is -2.22. The molecule has 428 valence electrons. The second-order valence-corrected chi connectivity index (χ2v) is 24.1. The van der Waals surface area contributed by atoms with Crippen LogP contribution in [0.15, 0.2) is 20.9 Å². The number of carbonyl (C=O) groups excluding carboxylic acids is 2. The Morgan fingerprint density at radius 3 is 1.54 bits per heavy atom. The molecule has 4 unspecified atom stereocenters. The first-order valence-corrected chi connectivity index (χ1v) is 32.0. The molecule has 25 heteroatoms. The van der Waals surface area contributed by atoms with Crippen molar-refractivity contribution in [2.75, 3.05) is 19.8 Å². The summed E-state index contributed by atoms with van der Waals surface area (Å²) < 4.78 is 73.9. The topological polar surface area (TPSA) is 314 Å². The van der Waals surface area contributed by atoms with Crippen LogP contribution in [0, 0.1) is 6.92 Å². The van der Waals surface area contributed by atoms with Gasteiger partial charge in [-0.1, -0.05) is 199 Å². The fourth-order valence-corrected chi connectivity index (χ4v) is 12.1. The van der Waals surface area contributed by atoms with Crippen molar-refractivity contribution in [3.8, 4) is 0 Å². The fraction of sp³-hybridized carbons (Fsp3) is 0.878. The monoisotopic (exact) mass is 1110 g/mol.